The molecular weight excluding hydrogens is 316 g/mol. The Balaban J connectivity index is 2.23. The Morgan fingerprint density at radius 2 is 1.52 bits per heavy atom. The lowest BCUT2D eigenvalue weighted by Crippen LogP contribution is -2.02. The third kappa shape index (κ3) is 3.53. The van der Waals surface area contributed by atoms with Crippen LogP contribution in [-0.2, 0) is 0 Å². The maximum Gasteiger partial charge on any atom is 0.186 e. The molecule has 0 heterocycles. The molecular formula is C15H12F4N2O2. The van der Waals surface area contributed by atoms with E-state index in [1.54, 1.807) is 18.2 Å². The molecule has 0 aliphatic heterocycles. The highest BCUT2D eigenvalue weighted by Gasteiger charge is 2.18. The van der Waals surface area contributed by atoms with Gasteiger partial charge in [0.25, 0.3) is 0 Å². The van der Waals surface area contributed by atoms with Gasteiger partial charge in [-0.1, -0.05) is 0 Å². The highest BCUT2D eigenvalue weighted by Crippen LogP contribution is 2.27. The molecule has 0 unspecified atom stereocenters. The Kier molecular flexibility index (Phi) is 5.05. The van der Waals surface area contributed by atoms with E-state index in [0.29, 0.717) is 17.1 Å². The highest BCUT2D eigenvalue weighted by atomic mass is 19.2. The maximum atomic E-state index is 13.4. The SMILES string of the molecule is COc1ccc(C=NNc2c(F)c(F)cc(F)c2F)cc1OC. The number of anilines is 1. The lowest BCUT2D eigenvalue weighted by molar-refractivity contribution is 0.355. The van der Waals surface area contributed by atoms with E-state index in [-0.39, 0.29) is 6.07 Å². The van der Waals surface area contributed by atoms with Gasteiger partial charge in [0.15, 0.2) is 34.8 Å². The fourth-order valence-corrected chi connectivity index (χ4v) is 1.78. The molecule has 0 amide bonds. The van der Waals surface area contributed by atoms with E-state index >= 15 is 0 Å². The van der Waals surface area contributed by atoms with Crippen molar-refractivity contribution in [2.45, 2.75) is 0 Å². The van der Waals surface area contributed by atoms with E-state index in [1.807, 2.05) is 5.43 Å². The average Bonchev–Trinajstić information content (AvgIpc) is 2.56. The first-order chi connectivity index (χ1) is 11.0. The topological polar surface area (TPSA) is 42.8 Å². The summed E-state index contributed by atoms with van der Waals surface area (Å²) in [7, 11) is 2.91. The summed E-state index contributed by atoms with van der Waals surface area (Å²) in [6.45, 7) is 0. The minimum absolute atomic E-state index is 0.119. The fraction of sp³-hybridized carbons (Fsp3) is 0.133. The first-order valence-electron chi connectivity index (χ1n) is 6.32. The Labute approximate surface area is 129 Å². The third-order valence-electron chi connectivity index (χ3n) is 2.91. The zero-order valence-electron chi connectivity index (χ0n) is 12.2. The predicted octanol–water partition coefficient (Wildman–Crippen LogP) is 3.71. The molecule has 4 nitrogen and oxygen atoms in total. The molecule has 0 aliphatic rings. The number of halogens is 4. The van der Waals surface area contributed by atoms with Gasteiger partial charge in [0, 0.05) is 6.07 Å². The largest absolute Gasteiger partial charge is 0.493 e. The molecule has 0 radical (unpaired) electrons. The summed E-state index contributed by atoms with van der Waals surface area (Å²) in [5, 5.41) is 3.56. The molecule has 0 aliphatic carbocycles. The average molecular weight is 328 g/mol. The van der Waals surface area contributed by atoms with Crippen LogP contribution in [0.3, 0.4) is 0 Å². The molecule has 2 aromatic carbocycles. The van der Waals surface area contributed by atoms with Crippen molar-refractivity contribution in [2.24, 2.45) is 5.10 Å². The number of nitrogens with one attached hydrogen (secondary N) is 1. The summed E-state index contributed by atoms with van der Waals surface area (Å²) in [5.74, 6) is -5.25. The zero-order valence-corrected chi connectivity index (χ0v) is 12.2. The van der Waals surface area contributed by atoms with E-state index in [1.165, 1.54) is 20.4 Å². The Hall–Kier alpha value is -2.77. The van der Waals surface area contributed by atoms with Gasteiger partial charge in [-0.05, 0) is 23.8 Å². The van der Waals surface area contributed by atoms with Gasteiger partial charge in [-0.3, -0.25) is 5.43 Å². The van der Waals surface area contributed by atoms with E-state index in [9.17, 15) is 17.6 Å². The van der Waals surface area contributed by atoms with Crippen LogP contribution in [0.4, 0.5) is 23.2 Å². The van der Waals surface area contributed by atoms with Gasteiger partial charge in [-0.15, -0.1) is 0 Å². The predicted molar refractivity (Wildman–Crippen MR) is 77.0 cm³/mol. The summed E-state index contributed by atoms with van der Waals surface area (Å²) < 4.78 is 63.1. The van der Waals surface area contributed by atoms with Crippen LogP contribution in [0.1, 0.15) is 5.56 Å². The number of methoxy groups -OCH3 is 2. The Morgan fingerprint density at radius 3 is 2.09 bits per heavy atom. The van der Waals surface area contributed by atoms with Crippen molar-refractivity contribution in [1.29, 1.82) is 0 Å². The normalized spacial score (nSPS) is 10.9. The van der Waals surface area contributed by atoms with Crippen molar-refractivity contribution in [3.8, 4) is 11.5 Å². The van der Waals surface area contributed by atoms with Crippen molar-refractivity contribution in [3.05, 3.63) is 53.1 Å². The summed E-state index contributed by atoms with van der Waals surface area (Å²) >= 11 is 0. The lowest BCUT2D eigenvalue weighted by atomic mass is 10.2. The molecule has 23 heavy (non-hydrogen) atoms. The number of hydrogen-bond acceptors (Lipinski definition) is 4. The molecule has 122 valence electrons. The molecule has 0 saturated carbocycles. The molecule has 0 saturated heterocycles. The molecule has 0 spiro atoms. The highest BCUT2D eigenvalue weighted by molar-refractivity contribution is 5.81. The van der Waals surface area contributed by atoms with Gasteiger partial charge in [0.05, 0.1) is 20.4 Å². The van der Waals surface area contributed by atoms with Crippen LogP contribution in [0.2, 0.25) is 0 Å². The van der Waals surface area contributed by atoms with Crippen LogP contribution in [0, 0.1) is 23.3 Å². The summed E-state index contributed by atoms with van der Waals surface area (Å²) in [5.41, 5.74) is 1.44. The summed E-state index contributed by atoms with van der Waals surface area (Å²) in [6, 6.07) is 4.88. The monoisotopic (exact) mass is 328 g/mol. The van der Waals surface area contributed by atoms with Gasteiger partial charge in [0.2, 0.25) is 0 Å². The number of hydrazone groups is 1. The second kappa shape index (κ2) is 6.99. The van der Waals surface area contributed by atoms with Gasteiger partial charge in [-0.25, -0.2) is 17.6 Å². The standard InChI is InChI=1S/C15H12F4N2O2/c1-22-11-4-3-8(5-12(11)23-2)7-20-21-15-13(18)9(16)6-10(17)14(15)19/h3-7,21H,1-2H3. The molecule has 0 bridgehead atoms. The van der Waals surface area contributed by atoms with E-state index in [2.05, 4.69) is 5.10 Å². The Bertz CT molecular complexity index is 724. The van der Waals surface area contributed by atoms with Crippen molar-refractivity contribution in [1.82, 2.24) is 0 Å². The smallest absolute Gasteiger partial charge is 0.186 e. The van der Waals surface area contributed by atoms with Crippen LogP contribution in [0.15, 0.2) is 29.4 Å². The first-order valence-corrected chi connectivity index (χ1v) is 6.32. The van der Waals surface area contributed by atoms with Crippen molar-refractivity contribution in [2.75, 3.05) is 19.6 Å². The van der Waals surface area contributed by atoms with Crippen LogP contribution in [0.5, 0.6) is 11.5 Å². The molecule has 2 rings (SSSR count). The number of hydrogen-bond donors (Lipinski definition) is 1. The number of rotatable bonds is 5. The minimum Gasteiger partial charge on any atom is -0.493 e. The zero-order chi connectivity index (χ0) is 17.0. The number of nitrogens with zero attached hydrogens (tertiary/aromatic N) is 1. The third-order valence-corrected chi connectivity index (χ3v) is 2.91. The van der Waals surface area contributed by atoms with E-state index in [4.69, 9.17) is 9.47 Å². The van der Waals surface area contributed by atoms with Crippen molar-refractivity contribution >= 4 is 11.9 Å². The van der Waals surface area contributed by atoms with E-state index < -0.39 is 29.0 Å². The van der Waals surface area contributed by atoms with Crippen LogP contribution < -0.4 is 14.9 Å². The van der Waals surface area contributed by atoms with Crippen molar-refractivity contribution in [3.63, 3.8) is 0 Å². The summed E-state index contributed by atoms with van der Waals surface area (Å²) in [4.78, 5) is 0. The van der Waals surface area contributed by atoms with Gasteiger partial charge in [-0.2, -0.15) is 5.10 Å². The lowest BCUT2D eigenvalue weighted by Gasteiger charge is -2.08. The molecule has 2 aromatic rings. The van der Waals surface area contributed by atoms with Crippen LogP contribution in [-0.4, -0.2) is 20.4 Å². The summed E-state index contributed by atoms with van der Waals surface area (Å²) in [6.07, 6.45) is 1.20. The molecule has 0 aromatic heterocycles. The van der Waals surface area contributed by atoms with Crippen molar-refractivity contribution < 1.29 is 27.0 Å². The maximum absolute atomic E-state index is 13.4. The van der Waals surface area contributed by atoms with Gasteiger partial charge >= 0.3 is 0 Å². The molecule has 0 fully saturated rings. The first kappa shape index (κ1) is 16.6. The molecule has 1 N–H and O–H groups in total. The quantitative estimate of drug-likeness (QED) is 0.394. The second-order valence-corrected chi connectivity index (χ2v) is 4.33. The minimum atomic E-state index is -1.56. The number of benzene rings is 2. The van der Waals surface area contributed by atoms with Crippen LogP contribution in [0.25, 0.3) is 0 Å². The van der Waals surface area contributed by atoms with Gasteiger partial charge in [0.1, 0.15) is 5.69 Å². The second-order valence-electron chi connectivity index (χ2n) is 4.33. The fourth-order valence-electron chi connectivity index (χ4n) is 1.78. The molecule has 0 atom stereocenters. The van der Waals surface area contributed by atoms with Gasteiger partial charge < -0.3 is 9.47 Å². The van der Waals surface area contributed by atoms with E-state index in [0.717, 1.165) is 0 Å². The van der Waals surface area contributed by atoms with Crippen LogP contribution >= 0.6 is 0 Å². The Morgan fingerprint density at radius 1 is 0.913 bits per heavy atom. The molecule has 8 heteroatoms. The number of ether oxygens (including phenoxy) is 2.